The molecule has 22 heavy (non-hydrogen) atoms. The second-order valence-corrected chi connectivity index (χ2v) is 6.80. The van der Waals surface area contributed by atoms with Crippen LogP contribution in [0.15, 0.2) is 24.3 Å². The molecule has 0 radical (unpaired) electrons. The topological polar surface area (TPSA) is 34.1 Å². The van der Waals surface area contributed by atoms with Gasteiger partial charge in [-0.1, -0.05) is 58.4 Å². The van der Waals surface area contributed by atoms with Crippen molar-refractivity contribution in [2.75, 3.05) is 0 Å². The van der Waals surface area contributed by atoms with Gasteiger partial charge in [0.2, 0.25) is 0 Å². The fourth-order valence-electron chi connectivity index (χ4n) is 2.39. The Hall–Kier alpha value is -1.44. The van der Waals surface area contributed by atoms with E-state index in [-0.39, 0.29) is 11.8 Å². The first-order chi connectivity index (χ1) is 10.4. The van der Waals surface area contributed by atoms with Crippen LogP contribution in [0.2, 0.25) is 0 Å². The minimum Gasteiger partial charge on any atom is -0.299 e. The molecule has 0 aliphatic carbocycles. The average Bonchev–Trinajstić information content (AvgIpc) is 2.46. The number of ketones is 2. The van der Waals surface area contributed by atoms with Crippen LogP contribution in [0.4, 0.5) is 0 Å². The molecule has 0 amide bonds. The van der Waals surface area contributed by atoms with E-state index in [2.05, 4.69) is 12.1 Å². The molecule has 1 aromatic rings. The number of carbonyl (C=O) groups excluding carboxylic acids is 2. The lowest BCUT2D eigenvalue weighted by Crippen LogP contribution is -2.10. The minimum absolute atomic E-state index is 0.0992. The Morgan fingerprint density at radius 2 is 1.50 bits per heavy atom. The molecular formula is C20H30O2. The van der Waals surface area contributed by atoms with Crippen LogP contribution in [0.1, 0.15) is 64.5 Å². The van der Waals surface area contributed by atoms with E-state index in [1.165, 1.54) is 5.56 Å². The van der Waals surface area contributed by atoms with Gasteiger partial charge in [0.1, 0.15) is 11.6 Å². The van der Waals surface area contributed by atoms with Crippen molar-refractivity contribution in [2.24, 2.45) is 11.8 Å². The maximum atomic E-state index is 11.8. The average molecular weight is 302 g/mol. The van der Waals surface area contributed by atoms with E-state index >= 15 is 0 Å². The van der Waals surface area contributed by atoms with Gasteiger partial charge in [-0.05, 0) is 30.4 Å². The van der Waals surface area contributed by atoms with E-state index in [1.807, 2.05) is 39.8 Å². The maximum absolute atomic E-state index is 11.8. The van der Waals surface area contributed by atoms with Gasteiger partial charge in [-0.25, -0.2) is 0 Å². The Labute approximate surface area is 135 Å². The van der Waals surface area contributed by atoms with Crippen molar-refractivity contribution in [1.29, 1.82) is 0 Å². The summed E-state index contributed by atoms with van der Waals surface area (Å²) < 4.78 is 0. The molecular weight excluding hydrogens is 272 g/mol. The van der Waals surface area contributed by atoms with E-state index in [1.54, 1.807) is 0 Å². The number of aryl methyl sites for hydroxylation is 1. The zero-order valence-corrected chi connectivity index (χ0v) is 14.5. The van der Waals surface area contributed by atoms with Crippen LogP contribution in [0.25, 0.3) is 0 Å². The highest BCUT2D eigenvalue weighted by atomic mass is 16.1. The predicted octanol–water partition coefficient (Wildman–Crippen LogP) is 4.78. The molecule has 0 fully saturated rings. The van der Waals surface area contributed by atoms with Gasteiger partial charge in [-0.3, -0.25) is 9.59 Å². The van der Waals surface area contributed by atoms with Gasteiger partial charge in [0, 0.05) is 24.7 Å². The number of hydrogen-bond acceptors (Lipinski definition) is 2. The first kappa shape index (κ1) is 18.6. The second kappa shape index (κ2) is 9.55. The SMILES string of the molecule is CC(C)C(=O)CCCCCc1cccc(CC(=O)C(C)C)c1. The Balaban J connectivity index is 2.34. The van der Waals surface area contributed by atoms with Crippen molar-refractivity contribution in [3.63, 3.8) is 0 Å². The Kier molecular flexibility index (Phi) is 8.08. The largest absolute Gasteiger partial charge is 0.299 e. The Morgan fingerprint density at radius 3 is 2.14 bits per heavy atom. The smallest absolute Gasteiger partial charge is 0.139 e. The molecule has 0 N–H and O–H groups in total. The van der Waals surface area contributed by atoms with Crippen LogP contribution >= 0.6 is 0 Å². The molecule has 2 nitrogen and oxygen atoms in total. The van der Waals surface area contributed by atoms with Crippen LogP contribution < -0.4 is 0 Å². The quantitative estimate of drug-likeness (QED) is 0.583. The molecule has 2 heteroatoms. The number of hydrogen-bond donors (Lipinski definition) is 0. The monoisotopic (exact) mass is 302 g/mol. The van der Waals surface area contributed by atoms with Crippen molar-refractivity contribution < 1.29 is 9.59 Å². The van der Waals surface area contributed by atoms with Crippen molar-refractivity contribution in [3.8, 4) is 0 Å². The number of Topliss-reactive ketones (excluding diaryl/α,β-unsaturated/α-hetero) is 2. The van der Waals surface area contributed by atoms with Gasteiger partial charge in [0.25, 0.3) is 0 Å². The standard InChI is InChI=1S/C20H30O2/c1-15(2)19(21)12-7-5-6-9-17-10-8-11-18(13-17)14-20(22)16(3)4/h8,10-11,13,15-16H,5-7,9,12,14H2,1-4H3. The zero-order valence-electron chi connectivity index (χ0n) is 14.5. The van der Waals surface area contributed by atoms with Gasteiger partial charge in [-0.15, -0.1) is 0 Å². The molecule has 0 aliphatic rings. The summed E-state index contributed by atoms with van der Waals surface area (Å²) >= 11 is 0. The lowest BCUT2D eigenvalue weighted by atomic mass is 9.97. The molecule has 0 bridgehead atoms. The molecule has 0 unspecified atom stereocenters. The normalized spacial score (nSPS) is 11.2. The summed E-state index contributed by atoms with van der Waals surface area (Å²) in [6.07, 6.45) is 5.46. The van der Waals surface area contributed by atoms with E-state index in [0.29, 0.717) is 24.4 Å². The van der Waals surface area contributed by atoms with Crippen molar-refractivity contribution >= 4 is 11.6 Å². The molecule has 0 saturated carbocycles. The van der Waals surface area contributed by atoms with Crippen LogP contribution in [0.5, 0.6) is 0 Å². The summed E-state index contributed by atoms with van der Waals surface area (Å²) in [5.41, 5.74) is 2.41. The fraction of sp³-hybridized carbons (Fsp3) is 0.600. The van der Waals surface area contributed by atoms with Gasteiger partial charge >= 0.3 is 0 Å². The van der Waals surface area contributed by atoms with Crippen molar-refractivity contribution in [2.45, 2.75) is 66.2 Å². The molecule has 122 valence electrons. The number of unbranched alkanes of at least 4 members (excludes halogenated alkanes) is 2. The maximum Gasteiger partial charge on any atom is 0.139 e. The lowest BCUT2D eigenvalue weighted by molar-refractivity contribution is -0.122. The highest BCUT2D eigenvalue weighted by molar-refractivity contribution is 5.82. The fourth-order valence-corrected chi connectivity index (χ4v) is 2.39. The molecule has 0 heterocycles. The summed E-state index contributed by atoms with van der Waals surface area (Å²) in [5, 5.41) is 0. The first-order valence-corrected chi connectivity index (χ1v) is 8.53. The van der Waals surface area contributed by atoms with E-state index in [0.717, 1.165) is 31.2 Å². The van der Waals surface area contributed by atoms with Crippen LogP contribution in [0, 0.1) is 11.8 Å². The van der Waals surface area contributed by atoms with Gasteiger partial charge in [0.05, 0.1) is 0 Å². The summed E-state index contributed by atoms with van der Waals surface area (Å²) in [4.78, 5) is 23.4. The Morgan fingerprint density at radius 1 is 0.864 bits per heavy atom. The molecule has 0 saturated heterocycles. The molecule has 0 aromatic heterocycles. The second-order valence-electron chi connectivity index (χ2n) is 6.80. The van der Waals surface area contributed by atoms with Crippen molar-refractivity contribution in [3.05, 3.63) is 35.4 Å². The third-order valence-corrected chi connectivity index (χ3v) is 4.05. The van der Waals surface area contributed by atoms with Crippen molar-refractivity contribution in [1.82, 2.24) is 0 Å². The third-order valence-electron chi connectivity index (χ3n) is 4.05. The van der Waals surface area contributed by atoms with E-state index in [4.69, 9.17) is 0 Å². The zero-order chi connectivity index (χ0) is 16.5. The summed E-state index contributed by atoms with van der Waals surface area (Å²) in [6.45, 7) is 7.83. The molecule has 0 spiro atoms. The van der Waals surface area contributed by atoms with Crippen LogP contribution in [-0.2, 0) is 22.4 Å². The summed E-state index contributed by atoms with van der Waals surface area (Å²) in [5.74, 6) is 0.927. The van der Waals surface area contributed by atoms with Crippen LogP contribution in [0.3, 0.4) is 0 Å². The highest BCUT2D eigenvalue weighted by Crippen LogP contribution is 2.13. The highest BCUT2D eigenvalue weighted by Gasteiger charge is 2.09. The Bertz CT molecular complexity index is 486. The van der Waals surface area contributed by atoms with Gasteiger partial charge < -0.3 is 0 Å². The number of benzene rings is 1. The molecule has 0 atom stereocenters. The first-order valence-electron chi connectivity index (χ1n) is 8.53. The van der Waals surface area contributed by atoms with Gasteiger partial charge in [0.15, 0.2) is 0 Å². The van der Waals surface area contributed by atoms with E-state index < -0.39 is 0 Å². The van der Waals surface area contributed by atoms with Crippen LogP contribution in [-0.4, -0.2) is 11.6 Å². The molecule has 1 rings (SSSR count). The lowest BCUT2D eigenvalue weighted by Gasteiger charge is -2.07. The number of rotatable bonds is 10. The summed E-state index contributed by atoms with van der Waals surface area (Å²) in [7, 11) is 0. The summed E-state index contributed by atoms with van der Waals surface area (Å²) in [6, 6.07) is 8.35. The minimum atomic E-state index is 0.0992. The number of carbonyl (C=O) groups is 2. The van der Waals surface area contributed by atoms with E-state index in [9.17, 15) is 9.59 Å². The predicted molar refractivity (Wildman–Crippen MR) is 92.0 cm³/mol. The molecule has 1 aromatic carbocycles. The van der Waals surface area contributed by atoms with Gasteiger partial charge in [-0.2, -0.15) is 0 Å². The molecule has 0 aliphatic heterocycles. The third kappa shape index (κ3) is 7.02.